The molecule has 6 nitrogen and oxygen atoms in total. The number of methoxy groups -OCH3 is 1. The maximum absolute atomic E-state index is 13.7. The molecular formula is C28H23IN2O4. The summed E-state index contributed by atoms with van der Waals surface area (Å²) < 4.78 is 12.0. The summed E-state index contributed by atoms with van der Waals surface area (Å²) in [5.74, 6) is -0.378. The maximum atomic E-state index is 13.7. The van der Waals surface area contributed by atoms with E-state index in [1.165, 1.54) is 0 Å². The Kier molecular flexibility index (Phi) is 5.40. The Bertz CT molecular complexity index is 1290. The van der Waals surface area contributed by atoms with Crippen molar-refractivity contribution in [3.8, 4) is 11.5 Å². The molecule has 1 aliphatic heterocycles. The SMILES string of the molecule is CCOc1c(I)cc(/C=N\N2C(=O)[C@@H]3C4c5ccccc5C(c5ccccc54)[C@H]3C2=O)cc1OC. The number of halogens is 1. The lowest BCUT2D eigenvalue weighted by Crippen LogP contribution is -2.41. The Morgan fingerprint density at radius 2 is 1.43 bits per heavy atom. The molecule has 3 aliphatic carbocycles. The Balaban J connectivity index is 1.38. The summed E-state index contributed by atoms with van der Waals surface area (Å²) >= 11 is 2.18. The van der Waals surface area contributed by atoms with Gasteiger partial charge in [-0.05, 0) is 69.5 Å². The molecule has 176 valence electrons. The summed E-state index contributed by atoms with van der Waals surface area (Å²) in [7, 11) is 1.58. The number of hydrogen-bond acceptors (Lipinski definition) is 5. The first-order valence-corrected chi connectivity index (χ1v) is 12.7. The van der Waals surface area contributed by atoms with Crippen LogP contribution in [0.15, 0.2) is 65.8 Å². The highest BCUT2D eigenvalue weighted by Gasteiger charge is 2.61. The Hall–Kier alpha value is -3.20. The largest absolute Gasteiger partial charge is 0.493 e. The van der Waals surface area contributed by atoms with Crippen molar-refractivity contribution in [1.82, 2.24) is 5.01 Å². The normalized spacial score (nSPS) is 23.9. The summed E-state index contributed by atoms with van der Waals surface area (Å²) in [6.45, 7) is 2.44. The number of hydrogen-bond donors (Lipinski definition) is 0. The number of amides is 2. The molecule has 0 unspecified atom stereocenters. The fourth-order valence-electron chi connectivity index (χ4n) is 6.00. The van der Waals surface area contributed by atoms with Gasteiger partial charge in [-0.1, -0.05) is 48.5 Å². The molecule has 7 heteroatoms. The number of imide groups is 1. The third-order valence-corrected chi connectivity index (χ3v) is 8.09. The monoisotopic (exact) mass is 578 g/mol. The van der Waals surface area contributed by atoms with Crippen LogP contribution in [0, 0.1) is 15.4 Å². The summed E-state index contributed by atoms with van der Waals surface area (Å²) in [4.78, 5) is 27.3. The second-order valence-corrected chi connectivity index (χ2v) is 10.1. The molecular weight excluding hydrogens is 555 g/mol. The molecule has 0 radical (unpaired) electrons. The van der Waals surface area contributed by atoms with Gasteiger partial charge in [0.15, 0.2) is 11.5 Å². The Labute approximate surface area is 217 Å². The minimum absolute atomic E-state index is 0.138. The van der Waals surface area contributed by atoms with Gasteiger partial charge in [0.1, 0.15) is 0 Å². The predicted octanol–water partition coefficient (Wildman–Crippen LogP) is 4.92. The minimum Gasteiger partial charge on any atom is -0.493 e. The molecule has 1 saturated heterocycles. The zero-order valence-corrected chi connectivity index (χ0v) is 21.4. The van der Waals surface area contributed by atoms with Crippen molar-refractivity contribution in [2.24, 2.45) is 16.9 Å². The standard InChI is InChI=1S/C28H23IN2O4/c1-3-35-26-20(29)12-15(13-21(26)34-2)14-30-31-27(32)24-22-16-8-4-5-9-17(16)23(25(24)28(31)33)19-11-7-6-10-18(19)22/h4-14,22-25H,3H2,1-2H3/b30-14-/t22?,23?,24-,25-/m1/s1. The van der Waals surface area contributed by atoms with E-state index < -0.39 is 11.8 Å². The van der Waals surface area contributed by atoms with Crippen LogP contribution >= 0.6 is 22.6 Å². The van der Waals surface area contributed by atoms with Crippen LogP contribution < -0.4 is 9.47 Å². The summed E-state index contributed by atoms with van der Waals surface area (Å²) in [5.41, 5.74) is 5.32. The van der Waals surface area contributed by atoms with Crippen molar-refractivity contribution in [3.05, 3.63) is 92.1 Å². The third kappa shape index (κ3) is 3.24. The Morgan fingerprint density at radius 3 is 1.89 bits per heavy atom. The first-order chi connectivity index (χ1) is 17.0. The summed E-state index contributed by atoms with van der Waals surface area (Å²) in [6.07, 6.45) is 1.55. The molecule has 7 rings (SSSR count). The molecule has 3 aromatic rings. The lowest BCUT2D eigenvalue weighted by molar-refractivity contribution is -0.139. The van der Waals surface area contributed by atoms with Gasteiger partial charge in [0.25, 0.3) is 11.8 Å². The number of nitrogens with zero attached hydrogens (tertiary/aromatic N) is 2. The quantitative estimate of drug-likeness (QED) is 0.245. The molecule has 1 heterocycles. The van der Waals surface area contributed by atoms with Gasteiger partial charge < -0.3 is 9.47 Å². The van der Waals surface area contributed by atoms with Crippen molar-refractivity contribution in [2.45, 2.75) is 18.8 Å². The average molecular weight is 578 g/mol. The minimum atomic E-state index is -0.440. The molecule has 35 heavy (non-hydrogen) atoms. The van der Waals surface area contributed by atoms with E-state index in [1.807, 2.05) is 37.3 Å². The summed E-state index contributed by atoms with van der Waals surface area (Å²) in [6, 6.07) is 20.1. The van der Waals surface area contributed by atoms with Crippen LogP contribution in [0.2, 0.25) is 0 Å². The van der Waals surface area contributed by atoms with Crippen LogP contribution in [-0.2, 0) is 9.59 Å². The van der Waals surface area contributed by atoms with E-state index in [2.05, 4.69) is 52.0 Å². The second-order valence-electron chi connectivity index (χ2n) is 8.96. The number of ether oxygens (including phenoxy) is 2. The number of rotatable bonds is 5. The van der Waals surface area contributed by atoms with Crippen molar-refractivity contribution < 1.29 is 19.1 Å². The lowest BCUT2D eigenvalue weighted by Gasteiger charge is -2.45. The highest BCUT2D eigenvalue weighted by Crippen LogP contribution is 2.60. The van der Waals surface area contributed by atoms with E-state index in [1.54, 1.807) is 19.4 Å². The van der Waals surface area contributed by atoms with Crippen molar-refractivity contribution in [1.29, 1.82) is 0 Å². The highest BCUT2D eigenvalue weighted by atomic mass is 127. The maximum Gasteiger partial charge on any atom is 0.254 e. The van der Waals surface area contributed by atoms with Crippen LogP contribution in [0.3, 0.4) is 0 Å². The van der Waals surface area contributed by atoms with E-state index in [-0.39, 0.29) is 23.7 Å². The fraction of sp³-hybridized carbons (Fsp3) is 0.250. The van der Waals surface area contributed by atoms with E-state index in [0.717, 1.165) is 36.4 Å². The van der Waals surface area contributed by atoms with E-state index in [9.17, 15) is 9.59 Å². The van der Waals surface area contributed by atoms with Gasteiger partial charge in [-0.15, -0.1) is 0 Å². The van der Waals surface area contributed by atoms with E-state index in [4.69, 9.17) is 9.47 Å². The van der Waals surface area contributed by atoms with E-state index >= 15 is 0 Å². The van der Waals surface area contributed by atoms with Gasteiger partial charge in [0.05, 0.1) is 35.3 Å². The smallest absolute Gasteiger partial charge is 0.254 e. The molecule has 2 atom stereocenters. The van der Waals surface area contributed by atoms with Gasteiger partial charge in [0, 0.05) is 11.8 Å². The van der Waals surface area contributed by atoms with E-state index in [0.29, 0.717) is 18.1 Å². The van der Waals surface area contributed by atoms with Gasteiger partial charge in [-0.25, -0.2) is 0 Å². The highest BCUT2D eigenvalue weighted by molar-refractivity contribution is 14.1. The molecule has 0 N–H and O–H groups in total. The molecule has 2 amide bonds. The molecule has 0 spiro atoms. The zero-order chi connectivity index (χ0) is 24.3. The first-order valence-electron chi connectivity index (χ1n) is 11.6. The molecule has 3 aromatic carbocycles. The van der Waals surface area contributed by atoms with Crippen LogP contribution in [0.5, 0.6) is 11.5 Å². The number of benzene rings is 3. The topological polar surface area (TPSA) is 68.2 Å². The number of hydrazone groups is 1. The fourth-order valence-corrected chi connectivity index (χ4v) is 6.78. The molecule has 2 bridgehead atoms. The van der Waals surface area contributed by atoms with Crippen molar-refractivity contribution in [3.63, 3.8) is 0 Å². The van der Waals surface area contributed by atoms with Gasteiger partial charge in [0.2, 0.25) is 0 Å². The molecule has 0 aromatic heterocycles. The van der Waals surface area contributed by atoms with Crippen molar-refractivity contribution >= 4 is 40.6 Å². The number of carbonyl (C=O) groups excluding carboxylic acids is 2. The van der Waals surface area contributed by atoms with Crippen LogP contribution in [-0.4, -0.2) is 36.8 Å². The van der Waals surface area contributed by atoms with Gasteiger partial charge >= 0.3 is 0 Å². The van der Waals surface area contributed by atoms with Crippen LogP contribution in [0.1, 0.15) is 46.6 Å². The third-order valence-electron chi connectivity index (χ3n) is 7.29. The molecule has 0 saturated carbocycles. The van der Waals surface area contributed by atoms with Crippen LogP contribution in [0.25, 0.3) is 0 Å². The van der Waals surface area contributed by atoms with Crippen LogP contribution in [0.4, 0.5) is 0 Å². The second kappa shape index (κ2) is 8.48. The van der Waals surface area contributed by atoms with Crippen molar-refractivity contribution in [2.75, 3.05) is 13.7 Å². The Morgan fingerprint density at radius 1 is 0.914 bits per heavy atom. The summed E-state index contributed by atoms with van der Waals surface area (Å²) in [5, 5.41) is 5.49. The predicted molar refractivity (Wildman–Crippen MR) is 140 cm³/mol. The lowest BCUT2D eigenvalue weighted by atomic mass is 9.55. The van der Waals surface area contributed by atoms with Gasteiger partial charge in [-0.2, -0.15) is 10.1 Å². The zero-order valence-electron chi connectivity index (χ0n) is 19.3. The first kappa shape index (κ1) is 22.3. The number of carbonyl (C=O) groups is 2. The molecule has 1 fully saturated rings. The molecule has 4 aliphatic rings. The van der Waals surface area contributed by atoms with Gasteiger partial charge in [-0.3, -0.25) is 9.59 Å². The average Bonchev–Trinajstić information content (AvgIpc) is 3.14.